The Morgan fingerprint density at radius 2 is 1.62 bits per heavy atom. The zero-order valence-corrected chi connectivity index (χ0v) is 27.4. The number of aryl methyl sites for hydroxylation is 4. The molecule has 2 N–H and O–H groups in total. The Balaban J connectivity index is 1.82. The maximum Gasteiger partial charge on any atom is 0.338 e. The van der Waals surface area contributed by atoms with Crippen molar-refractivity contribution in [1.29, 1.82) is 0 Å². The summed E-state index contributed by atoms with van der Waals surface area (Å²) in [5, 5.41) is 14.9. The lowest BCUT2D eigenvalue weighted by atomic mass is 10.0. The molecule has 2 rings (SSSR count). The van der Waals surface area contributed by atoms with Gasteiger partial charge in [-0.1, -0.05) is 42.3 Å². The van der Waals surface area contributed by atoms with Gasteiger partial charge >= 0.3 is 5.97 Å². The standard InChI is InChI=1S/C34H51ClN2O5/c1-24-15-17-27(22-26(24)3)14-10-8-13-21-41-31(30(38)33(40)42-34(4,5)6)32(39)37(7)20-12-9-11-19-36-28-18-16-25(2)29(35)23-28/h15-18,22-23,30-31,36,38H,8-14,19-21H2,1-7H3/t30-,31-/m1/s1. The van der Waals surface area contributed by atoms with Gasteiger partial charge < -0.3 is 24.8 Å². The number of carbonyl (C=O) groups excluding carboxylic acids is 2. The smallest absolute Gasteiger partial charge is 0.338 e. The van der Waals surface area contributed by atoms with Crippen molar-refractivity contribution in [3.8, 4) is 0 Å². The first-order valence-corrected chi connectivity index (χ1v) is 15.5. The van der Waals surface area contributed by atoms with Gasteiger partial charge in [0.15, 0.2) is 12.2 Å². The van der Waals surface area contributed by atoms with Gasteiger partial charge in [0.1, 0.15) is 5.60 Å². The molecule has 0 bridgehead atoms. The summed E-state index contributed by atoms with van der Waals surface area (Å²) < 4.78 is 11.2. The molecule has 7 nitrogen and oxygen atoms in total. The number of ether oxygens (including phenoxy) is 2. The van der Waals surface area contributed by atoms with Crippen LogP contribution in [0.1, 0.15) is 81.5 Å². The van der Waals surface area contributed by atoms with Crippen LogP contribution in [0.5, 0.6) is 0 Å². The van der Waals surface area contributed by atoms with E-state index in [4.69, 9.17) is 21.1 Å². The summed E-state index contributed by atoms with van der Waals surface area (Å²) in [5.74, 6) is -1.28. The zero-order valence-electron chi connectivity index (χ0n) is 26.6. The molecule has 2 atom stereocenters. The molecule has 0 heterocycles. The third-order valence-corrected chi connectivity index (χ3v) is 7.61. The molecule has 0 aliphatic rings. The van der Waals surface area contributed by atoms with Crippen LogP contribution in [0.25, 0.3) is 0 Å². The maximum atomic E-state index is 13.3. The number of anilines is 1. The molecular formula is C34H51ClN2O5. The number of benzene rings is 2. The van der Waals surface area contributed by atoms with Crippen molar-refractivity contribution in [2.24, 2.45) is 0 Å². The quantitative estimate of drug-likeness (QED) is 0.153. The first-order valence-electron chi connectivity index (χ1n) is 15.1. The van der Waals surface area contributed by atoms with E-state index in [1.54, 1.807) is 27.8 Å². The van der Waals surface area contributed by atoms with Gasteiger partial charge in [0, 0.05) is 37.5 Å². The van der Waals surface area contributed by atoms with Crippen molar-refractivity contribution < 1.29 is 24.2 Å². The lowest BCUT2D eigenvalue weighted by molar-refractivity contribution is -0.179. The van der Waals surface area contributed by atoms with E-state index in [0.29, 0.717) is 6.54 Å². The topological polar surface area (TPSA) is 88.1 Å². The van der Waals surface area contributed by atoms with Crippen LogP contribution in [0.4, 0.5) is 5.69 Å². The average Bonchev–Trinajstić information content (AvgIpc) is 2.92. The Hall–Kier alpha value is -2.61. The Labute approximate surface area is 257 Å². The lowest BCUT2D eigenvalue weighted by Crippen LogP contribution is -2.50. The average molecular weight is 603 g/mol. The number of aliphatic hydroxyl groups excluding tert-OH is 1. The van der Waals surface area contributed by atoms with E-state index in [1.165, 1.54) is 21.6 Å². The van der Waals surface area contributed by atoms with Gasteiger partial charge in [-0.05, 0) is 114 Å². The number of aliphatic hydroxyl groups is 1. The third-order valence-electron chi connectivity index (χ3n) is 7.20. The second-order valence-corrected chi connectivity index (χ2v) is 12.6. The van der Waals surface area contributed by atoms with Crippen LogP contribution in [0.2, 0.25) is 5.02 Å². The van der Waals surface area contributed by atoms with Gasteiger partial charge in [0.2, 0.25) is 0 Å². The highest BCUT2D eigenvalue weighted by Gasteiger charge is 2.37. The van der Waals surface area contributed by atoms with Crippen LogP contribution in [0.3, 0.4) is 0 Å². The van der Waals surface area contributed by atoms with Crippen LogP contribution in [0.15, 0.2) is 36.4 Å². The van der Waals surface area contributed by atoms with Crippen LogP contribution < -0.4 is 5.32 Å². The van der Waals surface area contributed by atoms with E-state index in [0.717, 1.165) is 67.8 Å². The molecule has 0 radical (unpaired) electrons. The summed E-state index contributed by atoms with van der Waals surface area (Å²) in [7, 11) is 1.68. The van der Waals surface area contributed by atoms with E-state index in [2.05, 4.69) is 37.4 Å². The molecule has 1 amide bonds. The number of rotatable bonds is 17. The van der Waals surface area contributed by atoms with E-state index in [9.17, 15) is 14.7 Å². The molecule has 0 aromatic heterocycles. The molecule has 0 aliphatic heterocycles. The molecule has 8 heteroatoms. The number of nitrogens with one attached hydrogen (secondary N) is 1. The molecule has 234 valence electrons. The molecule has 0 spiro atoms. The van der Waals surface area contributed by atoms with Gasteiger partial charge in [0.25, 0.3) is 5.91 Å². The molecule has 0 aliphatic carbocycles. The number of amides is 1. The fourth-order valence-electron chi connectivity index (χ4n) is 4.47. The number of halogens is 1. The lowest BCUT2D eigenvalue weighted by Gasteiger charge is -2.28. The second kappa shape index (κ2) is 17.5. The van der Waals surface area contributed by atoms with Crippen LogP contribution in [0, 0.1) is 20.8 Å². The normalized spacial score (nSPS) is 13.0. The highest BCUT2D eigenvalue weighted by molar-refractivity contribution is 6.31. The number of unbranched alkanes of at least 4 members (excludes halogenated alkanes) is 4. The van der Waals surface area contributed by atoms with Gasteiger partial charge in [-0.2, -0.15) is 0 Å². The highest BCUT2D eigenvalue weighted by atomic mass is 35.5. The molecule has 0 saturated heterocycles. The Bertz CT molecular complexity index is 1150. The van der Waals surface area contributed by atoms with E-state index in [1.807, 2.05) is 25.1 Å². The van der Waals surface area contributed by atoms with Gasteiger partial charge in [-0.15, -0.1) is 0 Å². The number of hydrogen-bond donors (Lipinski definition) is 2. The minimum absolute atomic E-state index is 0.270. The van der Waals surface area contributed by atoms with Crippen molar-refractivity contribution in [1.82, 2.24) is 4.90 Å². The monoisotopic (exact) mass is 602 g/mol. The summed E-state index contributed by atoms with van der Waals surface area (Å²) in [5.41, 5.74) is 5.13. The van der Waals surface area contributed by atoms with Crippen molar-refractivity contribution in [3.05, 3.63) is 63.7 Å². The fraction of sp³-hybridized carbons (Fsp3) is 0.588. The van der Waals surface area contributed by atoms with Crippen molar-refractivity contribution in [2.75, 3.05) is 32.1 Å². The van der Waals surface area contributed by atoms with E-state index >= 15 is 0 Å². The fourth-order valence-corrected chi connectivity index (χ4v) is 4.65. The number of nitrogens with zero attached hydrogens (tertiary/aromatic N) is 1. The summed E-state index contributed by atoms with van der Waals surface area (Å²) in [6.07, 6.45) is 3.21. The van der Waals surface area contributed by atoms with Gasteiger partial charge in [-0.25, -0.2) is 4.79 Å². The minimum atomic E-state index is -1.69. The molecule has 0 unspecified atom stereocenters. The summed E-state index contributed by atoms with van der Waals surface area (Å²) in [4.78, 5) is 27.4. The first-order chi connectivity index (χ1) is 19.8. The first kappa shape index (κ1) is 35.6. The number of hydrogen-bond acceptors (Lipinski definition) is 6. The Kier molecular flexibility index (Phi) is 14.8. The zero-order chi connectivity index (χ0) is 31.3. The Morgan fingerprint density at radius 1 is 0.929 bits per heavy atom. The number of likely N-dealkylation sites (N-methyl/N-ethyl adjacent to an activating group) is 1. The summed E-state index contributed by atoms with van der Waals surface area (Å²) in [6.45, 7) is 12.9. The second-order valence-electron chi connectivity index (χ2n) is 12.2. The number of esters is 1. The van der Waals surface area contributed by atoms with Crippen molar-refractivity contribution in [3.63, 3.8) is 0 Å². The predicted octanol–water partition coefficient (Wildman–Crippen LogP) is 6.81. The van der Waals surface area contributed by atoms with Gasteiger partial charge in [-0.3, -0.25) is 4.79 Å². The SMILES string of the molecule is Cc1ccc(CCCCCO[C@@H](C(=O)N(C)CCCCCNc2ccc(C)c(Cl)c2)[C@@H](O)C(=O)OC(C)(C)C)cc1C. The maximum absolute atomic E-state index is 13.3. The van der Waals surface area contributed by atoms with Crippen LogP contribution >= 0.6 is 11.6 Å². The third kappa shape index (κ3) is 12.7. The van der Waals surface area contributed by atoms with Crippen molar-refractivity contribution >= 4 is 29.2 Å². The Morgan fingerprint density at radius 3 is 2.29 bits per heavy atom. The summed E-state index contributed by atoms with van der Waals surface area (Å²) in [6, 6.07) is 12.5. The molecule has 0 fully saturated rings. The van der Waals surface area contributed by atoms with Crippen LogP contribution in [-0.4, -0.2) is 66.4 Å². The molecule has 0 saturated carbocycles. The largest absolute Gasteiger partial charge is 0.458 e. The number of carbonyl (C=O) groups is 2. The highest BCUT2D eigenvalue weighted by Crippen LogP contribution is 2.20. The predicted molar refractivity (Wildman–Crippen MR) is 171 cm³/mol. The molecular weight excluding hydrogens is 552 g/mol. The summed E-state index contributed by atoms with van der Waals surface area (Å²) >= 11 is 6.19. The van der Waals surface area contributed by atoms with E-state index in [-0.39, 0.29) is 6.61 Å². The molecule has 2 aromatic carbocycles. The van der Waals surface area contributed by atoms with E-state index < -0.39 is 29.7 Å². The molecule has 42 heavy (non-hydrogen) atoms. The van der Waals surface area contributed by atoms with Crippen LogP contribution in [-0.2, 0) is 25.5 Å². The molecule has 2 aromatic rings. The minimum Gasteiger partial charge on any atom is -0.458 e. The van der Waals surface area contributed by atoms with Crippen molar-refractivity contribution in [2.45, 2.75) is 104 Å². The van der Waals surface area contributed by atoms with Gasteiger partial charge in [0.05, 0.1) is 0 Å².